The predicted molar refractivity (Wildman–Crippen MR) is 64.6 cm³/mol. The Balaban J connectivity index is 2.46. The molecule has 0 aromatic heterocycles. The molecule has 0 amide bonds. The van der Waals surface area contributed by atoms with Gasteiger partial charge in [0.2, 0.25) is 0 Å². The molecule has 0 saturated carbocycles. The molecule has 4 heteroatoms. The number of hydrogen-bond donors (Lipinski definition) is 2. The van der Waals surface area contributed by atoms with Crippen LogP contribution in [0.15, 0.2) is 0 Å². The van der Waals surface area contributed by atoms with Gasteiger partial charge < -0.3 is 15.3 Å². The minimum absolute atomic E-state index is 0.226. The van der Waals surface area contributed by atoms with Gasteiger partial charge in [-0.05, 0) is 53.8 Å². The molecule has 94 valence electrons. The smallest absolute Gasteiger partial charge is 0.310 e. The van der Waals surface area contributed by atoms with E-state index in [4.69, 9.17) is 5.11 Å². The Kier molecular flexibility index (Phi) is 3.97. The highest BCUT2D eigenvalue weighted by Gasteiger charge is 2.34. The first-order valence-electron chi connectivity index (χ1n) is 5.94. The number of carboxylic acid groups (broad SMARTS) is 1. The molecule has 0 radical (unpaired) electrons. The number of nitrogens with one attached hydrogen (secondary N) is 1. The van der Waals surface area contributed by atoms with Crippen LogP contribution in [0, 0.1) is 5.41 Å². The van der Waals surface area contributed by atoms with Gasteiger partial charge in [0.15, 0.2) is 0 Å². The van der Waals surface area contributed by atoms with E-state index in [2.05, 4.69) is 17.1 Å². The van der Waals surface area contributed by atoms with E-state index < -0.39 is 11.4 Å². The number of hydrogen-bond acceptors (Lipinski definition) is 3. The molecule has 1 fully saturated rings. The molecule has 0 unspecified atom stereocenters. The first kappa shape index (κ1) is 13.5. The van der Waals surface area contributed by atoms with Crippen molar-refractivity contribution >= 4 is 5.97 Å². The molecule has 0 aromatic rings. The Labute approximate surface area is 98.0 Å². The lowest BCUT2D eigenvalue weighted by Gasteiger charge is -2.41. The zero-order valence-corrected chi connectivity index (χ0v) is 10.8. The van der Waals surface area contributed by atoms with Crippen LogP contribution < -0.4 is 5.32 Å². The molecule has 1 aliphatic heterocycles. The molecule has 1 aliphatic rings. The number of likely N-dealkylation sites (tertiary alicyclic amines) is 1. The number of piperidine rings is 1. The van der Waals surface area contributed by atoms with Crippen LogP contribution in [0.25, 0.3) is 0 Å². The van der Waals surface area contributed by atoms with Crippen LogP contribution in [-0.4, -0.2) is 48.2 Å². The Morgan fingerprint density at radius 1 is 1.44 bits per heavy atom. The summed E-state index contributed by atoms with van der Waals surface area (Å²) in [4.78, 5) is 13.3. The fourth-order valence-corrected chi connectivity index (χ4v) is 2.08. The molecular formula is C12H24N2O2. The van der Waals surface area contributed by atoms with E-state index in [0.29, 0.717) is 6.54 Å². The monoisotopic (exact) mass is 228 g/mol. The van der Waals surface area contributed by atoms with Crippen molar-refractivity contribution in [1.82, 2.24) is 10.2 Å². The molecule has 0 aromatic carbocycles. The summed E-state index contributed by atoms with van der Waals surface area (Å²) in [7, 11) is 2.00. The SMILES string of the molecule is CNC1(C)CCN(CC(C)(C)C(=O)O)CC1. The first-order valence-corrected chi connectivity index (χ1v) is 5.94. The maximum Gasteiger partial charge on any atom is 0.310 e. The average molecular weight is 228 g/mol. The van der Waals surface area contributed by atoms with Crippen LogP contribution in [-0.2, 0) is 4.79 Å². The van der Waals surface area contributed by atoms with Gasteiger partial charge in [0.1, 0.15) is 0 Å². The van der Waals surface area contributed by atoms with Crippen molar-refractivity contribution in [2.45, 2.75) is 39.2 Å². The van der Waals surface area contributed by atoms with Gasteiger partial charge in [0.25, 0.3) is 0 Å². The van der Waals surface area contributed by atoms with Crippen LogP contribution in [0.1, 0.15) is 33.6 Å². The second-order valence-electron chi connectivity index (χ2n) is 5.78. The lowest BCUT2D eigenvalue weighted by Crippen LogP contribution is -2.52. The Bertz CT molecular complexity index is 256. The van der Waals surface area contributed by atoms with Crippen molar-refractivity contribution in [3.63, 3.8) is 0 Å². The summed E-state index contributed by atoms with van der Waals surface area (Å²) in [6.45, 7) is 8.42. The number of rotatable bonds is 4. The molecule has 1 saturated heterocycles. The third-order valence-electron chi connectivity index (χ3n) is 3.76. The summed E-state index contributed by atoms with van der Waals surface area (Å²) < 4.78 is 0. The third-order valence-corrected chi connectivity index (χ3v) is 3.76. The second kappa shape index (κ2) is 4.72. The van der Waals surface area contributed by atoms with E-state index in [1.54, 1.807) is 13.8 Å². The number of aliphatic carboxylic acids is 1. The van der Waals surface area contributed by atoms with Crippen molar-refractivity contribution in [3.8, 4) is 0 Å². The molecule has 1 rings (SSSR count). The normalized spacial score (nSPS) is 22.0. The van der Waals surface area contributed by atoms with Gasteiger partial charge >= 0.3 is 5.97 Å². The van der Waals surface area contributed by atoms with E-state index in [1.807, 2.05) is 7.05 Å². The third kappa shape index (κ3) is 3.19. The van der Waals surface area contributed by atoms with E-state index in [-0.39, 0.29) is 5.54 Å². The van der Waals surface area contributed by atoms with Crippen molar-refractivity contribution in [2.24, 2.45) is 5.41 Å². The molecule has 2 N–H and O–H groups in total. The average Bonchev–Trinajstić information content (AvgIpc) is 2.21. The van der Waals surface area contributed by atoms with Crippen LogP contribution in [0.3, 0.4) is 0 Å². The quantitative estimate of drug-likeness (QED) is 0.758. The van der Waals surface area contributed by atoms with Gasteiger partial charge in [-0.3, -0.25) is 4.79 Å². The first-order chi connectivity index (χ1) is 7.29. The largest absolute Gasteiger partial charge is 0.481 e. The van der Waals surface area contributed by atoms with Crippen molar-refractivity contribution < 1.29 is 9.90 Å². The minimum Gasteiger partial charge on any atom is -0.481 e. The summed E-state index contributed by atoms with van der Waals surface area (Å²) in [5.41, 5.74) is -0.419. The number of carbonyl (C=O) groups is 1. The maximum absolute atomic E-state index is 11.0. The lowest BCUT2D eigenvalue weighted by molar-refractivity contribution is -0.148. The molecule has 0 bridgehead atoms. The zero-order valence-electron chi connectivity index (χ0n) is 10.8. The highest BCUT2D eigenvalue weighted by atomic mass is 16.4. The van der Waals surface area contributed by atoms with Crippen LogP contribution in [0.2, 0.25) is 0 Å². The van der Waals surface area contributed by atoms with Crippen LogP contribution in [0.4, 0.5) is 0 Å². The molecular weight excluding hydrogens is 204 g/mol. The predicted octanol–water partition coefficient (Wildman–Crippen LogP) is 1.17. The summed E-state index contributed by atoms with van der Waals surface area (Å²) >= 11 is 0. The van der Waals surface area contributed by atoms with E-state index in [9.17, 15) is 4.79 Å². The van der Waals surface area contributed by atoms with Gasteiger partial charge in [-0.1, -0.05) is 0 Å². The highest BCUT2D eigenvalue weighted by Crippen LogP contribution is 2.24. The summed E-state index contributed by atoms with van der Waals surface area (Å²) in [5, 5.41) is 12.4. The maximum atomic E-state index is 11.0. The van der Waals surface area contributed by atoms with Crippen LogP contribution in [0.5, 0.6) is 0 Å². The molecule has 1 heterocycles. The summed E-state index contributed by atoms with van der Waals surface area (Å²) in [5.74, 6) is -0.713. The summed E-state index contributed by atoms with van der Waals surface area (Å²) in [6, 6.07) is 0. The standard InChI is InChI=1S/C12H24N2O2/c1-11(2,10(15)16)9-14-7-5-12(3,13-4)6-8-14/h13H,5-9H2,1-4H3,(H,15,16). The molecule has 16 heavy (non-hydrogen) atoms. The highest BCUT2D eigenvalue weighted by molar-refractivity contribution is 5.73. The molecule has 0 aliphatic carbocycles. The second-order valence-corrected chi connectivity index (χ2v) is 5.78. The van der Waals surface area contributed by atoms with Crippen molar-refractivity contribution in [1.29, 1.82) is 0 Å². The minimum atomic E-state index is -0.713. The zero-order chi connectivity index (χ0) is 12.4. The topological polar surface area (TPSA) is 52.6 Å². The van der Waals surface area contributed by atoms with Crippen molar-refractivity contribution in [2.75, 3.05) is 26.7 Å². The Morgan fingerprint density at radius 2 is 1.94 bits per heavy atom. The Hall–Kier alpha value is -0.610. The lowest BCUT2D eigenvalue weighted by atomic mass is 9.87. The fraction of sp³-hybridized carbons (Fsp3) is 0.917. The fourth-order valence-electron chi connectivity index (χ4n) is 2.08. The number of carboxylic acids is 1. The molecule has 4 nitrogen and oxygen atoms in total. The van der Waals surface area contributed by atoms with Crippen molar-refractivity contribution in [3.05, 3.63) is 0 Å². The van der Waals surface area contributed by atoms with Gasteiger partial charge in [0.05, 0.1) is 5.41 Å². The van der Waals surface area contributed by atoms with Gasteiger partial charge in [-0.2, -0.15) is 0 Å². The molecule has 0 atom stereocenters. The van der Waals surface area contributed by atoms with E-state index >= 15 is 0 Å². The summed E-state index contributed by atoms with van der Waals surface area (Å²) in [6.07, 6.45) is 2.17. The molecule has 0 spiro atoms. The van der Waals surface area contributed by atoms with Gasteiger partial charge in [-0.15, -0.1) is 0 Å². The van der Waals surface area contributed by atoms with Crippen LogP contribution >= 0.6 is 0 Å². The number of nitrogens with zero attached hydrogens (tertiary/aromatic N) is 1. The Morgan fingerprint density at radius 3 is 2.31 bits per heavy atom. The van der Waals surface area contributed by atoms with Gasteiger partial charge in [-0.25, -0.2) is 0 Å². The van der Waals surface area contributed by atoms with Gasteiger partial charge in [0, 0.05) is 12.1 Å². The van der Waals surface area contributed by atoms with E-state index in [1.165, 1.54) is 0 Å². The van der Waals surface area contributed by atoms with E-state index in [0.717, 1.165) is 25.9 Å².